The number of esters is 1. The molecule has 0 spiro atoms. The van der Waals surface area contributed by atoms with Gasteiger partial charge >= 0.3 is 24.0 Å². The van der Waals surface area contributed by atoms with Crippen LogP contribution in [0.25, 0.3) is 10.8 Å². The fraction of sp³-hybridized carbons (Fsp3) is 0.500. The van der Waals surface area contributed by atoms with Crippen molar-refractivity contribution in [3.8, 4) is 0 Å². The summed E-state index contributed by atoms with van der Waals surface area (Å²) in [6, 6.07) is 11.9. The Bertz CT molecular complexity index is 1200. The number of carboxylic acid groups (broad SMARTS) is 2. The van der Waals surface area contributed by atoms with Crippen LogP contribution in [-0.2, 0) is 19.1 Å². The van der Waals surface area contributed by atoms with Gasteiger partial charge in [0, 0.05) is 11.0 Å². The molecule has 2 rings (SSSR count). The van der Waals surface area contributed by atoms with E-state index in [1.54, 1.807) is 59.7 Å². The van der Waals surface area contributed by atoms with Crippen LogP contribution in [0.15, 0.2) is 42.5 Å². The summed E-state index contributed by atoms with van der Waals surface area (Å²) >= 11 is 0. The lowest BCUT2D eigenvalue weighted by Crippen LogP contribution is -2.76. The van der Waals surface area contributed by atoms with E-state index in [0.717, 1.165) is 10.3 Å². The molecular weight excluding hydrogens is 478 g/mol. The lowest BCUT2D eigenvalue weighted by molar-refractivity contribution is -0.192. The van der Waals surface area contributed by atoms with E-state index in [1.165, 1.54) is 32.9 Å². The molecule has 37 heavy (non-hydrogen) atoms. The Morgan fingerprint density at radius 1 is 0.811 bits per heavy atom. The summed E-state index contributed by atoms with van der Waals surface area (Å²) in [4.78, 5) is 53.5. The summed E-state index contributed by atoms with van der Waals surface area (Å²) in [6.07, 6.45) is -3.33. The first kappa shape index (κ1) is 29.6. The second-order valence-corrected chi connectivity index (χ2v) is 12.0. The Balaban J connectivity index is 2.77. The Morgan fingerprint density at radius 2 is 1.35 bits per heavy atom. The number of ether oxygens (including phenoxy) is 2. The average molecular weight is 516 g/mol. The van der Waals surface area contributed by atoms with E-state index in [9.17, 15) is 29.4 Å². The van der Waals surface area contributed by atoms with Gasteiger partial charge in [0.15, 0.2) is 5.54 Å². The summed E-state index contributed by atoms with van der Waals surface area (Å²) in [5, 5.41) is 22.5. The normalized spacial score (nSPS) is 14.8. The number of carbonyl (C=O) groups is 4. The van der Waals surface area contributed by atoms with E-state index < -0.39 is 52.2 Å². The van der Waals surface area contributed by atoms with E-state index >= 15 is 0 Å². The number of aliphatic carboxylic acids is 2. The van der Waals surface area contributed by atoms with Gasteiger partial charge in [-0.05, 0) is 64.4 Å². The Labute approximate surface area is 217 Å². The van der Waals surface area contributed by atoms with Crippen LogP contribution in [0.5, 0.6) is 0 Å². The molecule has 0 aliphatic carbocycles. The third kappa shape index (κ3) is 6.03. The third-order valence-corrected chi connectivity index (χ3v) is 5.88. The molecule has 0 aromatic heterocycles. The van der Waals surface area contributed by atoms with E-state index in [2.05, 4.69) is 0 Å². The van der Waals surface area contributed by atoms with Crippen LogP contribution in [0.2, 0.25) is 0 Å². The number of benzene rings is 2. The molecule has 9 nitrogen and oxygen atoms in total. The number of fused-ring (bicyclic) bond motifs is 1. The topological polar surface area (TPSA) is 130 Å². The highest BCUT2D eigenvalue weighted by molar-refractivity contribution is 5.99. The molecule has 0 bridgehead atoms. The van der Waals surface area contributed by atoms with E-state index in [4.69, 9.17) is 9.47 Å². The monoisotopic (exact) mass is 515 g/mol. The number of nitrogens with zero attached hydrogens (tertiary/aromatic N) is 1. The van der Waals surface area contributed by atoms with Crippen molar-refractivity contribution in [1.82, 2.24) is 4.90 Å². The number of hydrogen-bond acceptors (Lipinski definition) is 6. The minimum atomic E-state index is -2.56. The molecule has 0 saturated heterocycles. The minimum Gasteiger partial charge on any atom is -0.479 e. The Kier molecular flexibility index (Phi) is 8.03. The second-order valence-electron chi connectivity index (χ2n) is 12.0. The van der Waals surface area contributed by atoms with Crippen LogP contribution in [-0.4, -0.2) is 61.9 Å². The van der Waals surface area contributed by atoms with Gasteiger partial charge in [-0.25, -0.2) is 19.2 Å². The fourth-order valence-electron chi connectivity index (χ4n) is 4.43. The first-order valence-electron chi connectivity index (χ1n) is 11.9. The van der Waals surface area contributed by atoms with Crippen LogP contribution in [0.4, 0.5) is 4.79 Å². The quantitative estimate of drug-likeness (QED) is 0.492. The largest absolute Gasteiger partial charge is 0.479 e. The number of rotatable bonds is 6. The van der Waals surface area contributed by atoms with Gasteiger partial charge in [0.2, 0.25) is 6.10 Å². The van der Waals surface area contributed by atoms with Crippen molar-refractivity contribution in [2.24, 2.45) is 5.41 Å². The molecule has 0 heterocycles. The van der Waals surface area contributed by atoms with Gasteiger partial charge in [-0.1, -0.05) is 51.1 Å². The maximum Gasteiger partial charge on any atom is 0.411 e. The number of carboxylic acids is 2. The first-order valence-corrected chi connectivity index (χ1v) is 11.9. The van der Waals surface area contributed by atoms with Crippen LogP contribution in [0, 0.1) is 5.41 Å². The lowest BCUT2D eigenvalue weighted by Gasteiger charge is -2.54. The molecule has 1 amide bonds. The molecule has 0 aliphatic rings. The Morgan fingerprint density at radius 3 is 1.78 bits per heavy atom. The average Bonchev–Trinajstić information content (AvgIpc) is 2.71. The molecular formula is C28H37NO8. The van der Waals surface area contributed by atoms with Crippen LogP contribution in [0.3, 0.4) is 0 Å². The van der Waals surface area contributed by atoms with Crippen molar-refractivity contribution in [3.63, 3.8) is 0 Å². The molecule has 0 aliphatic heterocycles. The van der Waals surface area contributed by atoms with Gasteiger partial charge in [0.1, 0.15) is 5.60 Å². The standard InChI is InChI=1S/C28H37NO8/c1-25(2,3)28(23(33)34,29(26(4,5)6)24(35)37-27(7,8)9)20(21(30)31)36-22(32)19-15-14-17-12-10-11-13-18(17)16-19/h10-16,20H,1-9H3,(H,30,31)(H,33,34)/t20-,28-/m0/s1. The molecule has 0 fully saturated rings. The maximum atomic E-state index is 13.5. The van der Waals surface area contributed by atoms with Gasteiger partial charge < -0.3 is 19.7 Å². The highest BCUT2D eigenvalue weighted by Crippen LogP contribution is 2.45. The zero-order valence-electron chi connectivity index (χ0n) is 22.9. The molecule has 0 saturated carbocycles. The van der Waals surface area contributed by atoms with Crippen molar-refractivity contribution >= 4 is 34.8 Å². The highest BCUT2D eigenvalue weighted by Gasteiger charge is 2.67. The third-order valence-electron chi connectivity index (χ3n) is 5.88. The molecule has 2 N–H and O–H groups in total. The van der Waals surface area contributed by atoms with E-state index in [1.807, 2.05) is 12.1 Å². The fourth-order valence-corrected chi connectivity index (χ4v) is 4.43. The van der Waals surface area contributed by atoms with Crippen molar-refractivity contribution in [2.75, 3.05) is 0 Å². The molecule has 9 heteroatoms. The first-order chi connectivity index (χ1) is 16.7. The number of carbonyl (C=O) groups excluding carboxylic acids is 2. The van der Waals surface area contributed by atoms with Crippen molar-refractivity contribution in [3.05, 3.63) is 48.0 Å². The lowest BCUT2D eigenvalue weighted by atomic mass is 9.67. The molecule has 2 aromatic rings. The van der Waals surface area contributed by atoms with Crippen LogP contribution < -0.4 is 0 Å². The van der Waals surface area contributed by atoms with Crippen molar-refractivity contribution in [2.45, 2.75) is 85.1 Å². The SMILES string of the molecule is CC(C)(C)OC(=O)N(C(C)(C)C)[C@](C(=O)O)([C@@H](OC(=O)c1ccc2ccccc2c1)C(=O)O)C(C)(C)C. The van der Waals surface area contributed by atoms with Crippen LogP contribution >= 0.6 is 0 Å². The highest BCUT2D eigenvalue weighted by atomic mass is 16.6. The van der Waals surface area contributed by atoms with Crippen molar-refractivity contribution < 1.29 is 38.9 Å². The second kappa shape index (κ2) is 10.0. The summed E-state index contributed by atoms with van der Waals surface area (Å²) < 4.78 is 11.0. The van der Waals surface area contributed by atoms with Crippen molar-refractivity contribution in [1.29, 1.82) is 0 Å². The van der Waals surface area contributed by atoms with Gasteiger partial charge in [-0.15, -0.1) is 0 Å². The Hall–Kier alpha value is -3.62. The predicted octanol–water partition coefficient (Wildman–Crippen LogP) is 5.35. The smallest absolute Gasteiger partial charge is 0.411 e. The maximum absolute atomic E-state index is 13.5. The minimum absolute atomic E-state index is 0.0396. The zero-order chi connectivity index (χ0) is 28.6. The van der Waals surface area contributed by atoms with Gasteiger partial charge in [0.25, 0.3) is 0 Å². The molecule has 202 valence electrons. The van der Waals surface area contributed by atoms with Crippen LogP contribution in [0.1, 0.15) is 72.7 Å². The zero-order valence-corrected chi connectivity index (χ0v) is 22.9. The predicted molar refractivity (Wildman–Crippen MR) is 138 cm³/mol. The molecule has 0 unspecified atom stereocenters. The van der Waals surface area contributed by atoms with E-state index in [-0.39, 0.29) is 5.56 Å². The summed E-state index contributed by atoms with van der Waals surface area (Å²) in [5.74, 6) is -4.41. The summed E-state index contributed by atoms with van der Waals surface area (Å²) in [6.45, 7) is 13.9. The number of hydrogen-bond donors (Lipinski definition) is 2. The summed E-state index contributed by atoms with van der Waals surface area (Å²) in [7, 11) is 0. The van der Waals surface area contributed by atoms with E-state index in [0.29, 0.717) is 5.39 Å². The van der Waals surface area contributed by atoms with Gasteiger partial charge in [-0.3, -0.25) is 4.90 Å². The molecule has 0 radical (unpaired) electrons. The summed E-state index contributed by atoms with van der Waals surface area (Å²) in [5.41, 5.74) is -6.24. The number of amides is 1. The van der Waals surface area contributed by atoms with Gasteiger partial charge in [-0.2, -0.15) is 0 Å². The molecule has 2 atom stereocenters. The van der Waals surface area contributed by atoms with Gasteiger partial charge in [0.05, 0.1) is 5.56 Å². The molecule has 2 aromatic carbocycles.